The number of aliphatic carboxylic acids is 1. The van der Waals surface area contributed by atoms with Crippen LogP contribution in [0.1, 0.15) is 6.42 Å². The van der Waals surface area contributed by atoms with Crippen LogP contribution < -0.4 is 15.5 Å². The number of anilines is 2. The number of carboxylic acid groups (broad SMARTS) is 1. The Bertz CT molecular complexity index is 491. The molecular formula is C14H21N3O4. The summed E-state index contributed by atoms with van der Waals surface area (Å²) in [7, 11) is 5.26. The fourth-order valence-electron chi connectivity index (χ4n) is 1.68. The van der Waals surface area contributed by atoms with Crippen molar-refractivity contribution in [1.82, 2.24) is 5.32 Å². The van der Waals surface area contributed by atoms with E-state index in [0.717, 1.165) is 5.69 Å². The lowest BCUT2D eigenvalue weighted by Gasteiger charge is -2.16. The van der Waals surface area contributed by atoms with Crippen LogP contribution in [0.2, 0.25) is 0 Å². The van der Waals surface area contributed by atoms with Gasteiger partial charge in [-0.3, -0.25) is 0 Å². The zero-order chi connectivity index (χ0) is 15.8. The van der Waals surface area contributed by atoms with E-state index in [9.17, 15) is 9.59 Å². The van der Waals surface area contributed by atoms with Crippen molar-refractivity contribution in [2.75, 3.05) is 38.0 Å². The molecule has 21 heavy (non-hydrogen) atoms. The topological polar surface area (TPSA) is 90.9 Å². The SMILES string of the molecule is COCCC(NC(=O)Nc1cccc(N(C)C)c1)C(=O)O. The first-order valence-corrected chi connectivity index (χ1v) is 6.50. The normalized spacial score (nSPS) is 11.6. The van der Waals surface area contributed by atoms with Crippen molar-refractivity contribution in [3.63, 3.8) is 0 Å². The molecule has 0 saturated heterocycles. The predicted octanol–water partition coefficient (Wildman–Crippen LogP) is 1.36. The Morgan fingerprint density at radius 1 is 1.38 bits per heavy atom. The number of ether oxygens (including phenoxy) is 1. The summed E-state index contributed by atoms with van der Waals surface area (Å²) in [5.74, 6) is -1.09. The summed E-state index contributed by atoms with van der Waals surface area (Å²) in [5, 5.41) is 14.1. The van der Waals surface area contributed by atoms with E-state index in [1.54, 1.807) is 12.1 Å². The van der Waals surface area contributed by atoms with E-state index in [1.165, 1.54) is 7.11 Å². The average Bonchev–Trinajstić information content (AvgIpc) is 2.43. The van der Waals surface area contributed by atoms with Crippen LogP contribution in [0.5, 0.6) is 0 Å². The molecular weight excluding hydrogens is 274 g/mol. The second-order valence-corrected chi connectivity index (χ2v) is 4.72. The minimum atomic E-state index is -1.09. The number of carbonyl (C=O) groups is 2. The smallest absolute Gasteiger partial charge is 0.326 e. The van der Waals surface area contributed by atoms with Crippen LogP contribution in [0.25, 0.3) is 0 Å². The highest BCUT2D eigenvalue weighted by Crippen LogP contribution is 2.17. The van der Waals surface area contributed by atoms with Crippen molar-refractivity contribution in [3.8, 4) is 0 Å². The number of carboxylic acids is 1. The summed E-state index contributed by atoms with van der Waals surface area (Å²) in [6.07, 6.45) is 0.205. The summed E-state index contributed by atoms with van der Waals surface area (Å²) in [5.41, 5.74) is 1.52. The molecule has 1 aromatic carbocycles. The van der Waals surface area contributed by atoms with Gasteiger partial charge in [-0.1, -0.05) is 6.07 Å². The number of carbonyl (C=O) groups excluding carboxylic acids is 1. The summed E-state index contributed by atoms with van der Waals surface area (Å²) in [6, 6.07) is 5.70. The van der Waals surface area contributed by atoms with Crippen LogP contribution in [-0.4, -0.2) is 51.0 Å². The van der Waals surface area contributed by atoms with Gasteiger partial charge in [0.1, 0.15) is 6.04 Å². The summed E-state index contributed by atoms with van der Waals surface area (Å²) < 4.78 is 4.82. The largest absolute Gasteiger partial charge is 0.480 e. The lowest BCUT2D eigenvalue weighted by atomic mass is 10.2. The van der Waals surface area contributed by atoms with E-state index in [-0.39, 0.29) is 13.0 Å². The number of nitrogens with zero attached hydrogens (tertiary/aromatic N) is 1. The van der Waals surface area contributed by atoms with Gasteiger partial charge in [0.05, 0.1) is 0 Å². The fourth-order valence-corrected chi connectivity index (χ4v) is 1.68. The number of hydrogen-bond donors (Lipinski definition) is 3. The molecule has 0 saturated carbocycles. The highest BCUT2D eigenvalue weighted by atomic mass is 16.5. The molecule has 0 spiro atoms. The van der Waals surface area contributed by atoms with Crippen molar-refractivity contribution >= 4 is 23.4 Å². The van der Waals surface area contributed by atoms with Crippen LogP contribution >= 0.6 is 0 Å². The minimum Gasteiger partial charge on any atom is -0.480 e. The molecule has 1 rings (SSSR count). The van der Waals surface area contributed by atoms with Crippen molar-refractivity contribution in [3.05, 3.63) is 24.3 Å². The highest BCUT2D eigenvalue weighted by molar-refractivity contribution is 5.92. The van der Waals surface area contributed by atoms with E-state index in [0.29, 0.717) is 5.69 Å². The molecule has 0 heterocycles. The number of hydrogen-bond acceptors (Lipinski definition) is 4. The van der Waals surface area contributed by atoms with Crippen LogP contribution in [0.4, 0.5) is 16.2 Å². The van der Waals surface area contributed by atoms with Gasteiger partial charge in [0.2, 0.25) is 0 Å². The van der Waals surface area contributed by atoms with E-state index in [1.807, 2.05) is 31.1 Å². The molecule has 116 valence electrons. The molecule has 0 aliphatic carbocycles. The first-order valence-electron chi connectivity index (χ1n) is 6.50. The predicted molar refractivity (Wildman–Crippen MR) is 80.8 cm³/mol. The van der Waals surface area contributed by atoms with Crippen LogP contribution in [-0.2, 0) is 9.53 Å². The van der Waals surface area contributed by atoms with Gasteiger partial charge in [0.25, 0.3) is 0 Å². The van der Waals surface area contributed by atoms with Crippen molar-refractivity contribution in [2.45, 2.75) is 12.5 Å². The van der Waals surface area contributed by atoms with E-state index >= 15 is 0 Å². The third kappa shape index (κ3) is 5.70. The third-order valence-corrected chi connectivity index (χ3v) is 2.83. The number of rotatable bonds is 7. The van der Waals surface area contributed by atoms with Crippen molar-refractivity contribution in [1.29, 1.82) is 0 Å². The number of amides is 2. The zero-order valence-electron chi connectivity index (χ0n) is 12.4. The Balaban J connectivity index is 2.63. The van der Waals surface area contributed by atoms with E-state index in [4.69, 9.17) is 9.84 Å². The molecule has 0 aliphatic heterocycles. The molecule has 0 aliphatic rings. The van der Waals surface area contributed by atoms with Gasteiger partial charge in [-0.15, -0.1) is 0 Å². The maximum atomic E-state index is 11.8. The van der Waals surface area contributed by atoms with Crippen molar-refractivity contribution in [2.24, 2.45) is 0 Å². The zero-order valence-corrected chi connectivity index (χ0v) is 12.4. The van der Waals surface area contributed by atoms with Crippen LogP contribution in [0.3, 0.4) is 0 Å². The number of nitrogens with one attached hydrogen (secondary N) is 2. The molecule has 0 bridgehead atoms. The fraction of sp³-hybridized carbons (Fsp3) is 0.429. The Labute approximate surface area is 123 Å². The summed E-state index contributed by atoms with van der Waals surface area (Å²) in [4.78, 5) is 24.8. The summed E-state index contributed by atoms with van der Waals surface area (Å²) in [6.45, 7) is 0.257. The van der Waals surface area contributed by atoms with Gasteiger partial charge in [-0.2, -0.15) is 0 Å². The molecule has 0 fully saturated rings. The molecule has 7 heteroatoms. The molecule has 1 unspecified atom stereocenters. The van der Waals surface area contributed by atoms with Gasteiger partial charge in [0, 0.05) is 45.6 Å². The quantitative estimate of drug-likeness (QED) is 0.706. The lowest BCUT2D eigenvalue weighted by molar-refractivity contribution is -0.139. The van der Waals surface area contributed by atoms with Gasteiger partial charge in [0.15, 0.2) is 0 Å². The molecule has 2 amide bonds. The van der Waals surface area contributed by atoms with Crippen LogP contribution in [0.15, 0.2) is 24.3 Å². The van der Waals surface area contributed by atoms with Crippen LogP contribution in [0, 0.1) is 0 Å². The second kappa shape index (κ2) is 8.11. The average molecular weight is 295 g/mol. The summed E-state index contributed by atoms with van der Waals surface area (Å²) >= 11 is 0. The lowest BCUT2D eigenvalue weighted by Crippen LogP contribution is -2.43. The van der Waals surface area contributed by atoms with E-state index in [2.05, 4.69) is 10.6 Å². The number of benzene rings is 1. The Hall–Kier alpha value is -2.28. The molecule has 0 radical (unpaired) electrons. The standard InChI is InChI=1S/C14H21N3O4/c1-17(2)11-6-4-5-10(9-11)15-14(20)16-12(13(18)19)7-8-21-3/h4-6,9,12H,7-8H2,1-3H3,(H,18,19)(H2,15,16,20). The van der Waals surface area contributed by atoms with Gasteiger partial charge >= 0.3 is 12.0 Å². The van der Waals surface area contributed by atoms with Gasteiger partial charge < -0.3 is 25.4 Å². The molecule has 1 aromatic rings. The maximum absolute atomic E-state index is 11.8. The molecule has 7 nitrogen and oxygen atoms in total. The van der Waals surface area contributed by atoms with E-state index < -0.39 is 18.0 Å². The Kier molecular flexibility index (Phi) is 6.48. The van der Waals surface area contributed by atoms with Gasteiger partial charge in [-0.25, -0.2) is 9.59 Å². The minimum absolute atomic E-state index is 0.205. The number of urea groups is 1. The monoisotopic (exact) mass is 295 g/mol. The number of methoxy groups -OCH3 is 1. The molecule has 0 aromatic heterocycles. The highest BCUT2D eigenvalue weighted by Gasteiger charge is 2.19. The third-order valence-electron chi connectivity index (χ3n) is 2.83. The first-order chi connectivity index (χ1) is 9.93. The van der Waals surface area contributed by atoms with Gasteiger partial charge in [-0.05, 0) is 18.2 Å². The van der Waals surface area contributed by atoms with Crippen molar-refractivity contribution < 1.29 is 19.4 Å². The molecule has 3 N–H and O–H groups in total. The Morgan fingerprint density at radius 3 is 2.67 bits per heavy atom. The first kappa shape index (κ1) is 16.8. The molecule has 1 atom stereocenters. The maximum Gasteiger partial charge on any atom is 0.326 e. The Morgan fingerprint density at radius 2 is 2.10 bits per heavy atom. The second-order valence-electron chi connectivity index (χ2n) is 4.72.